The number of carbonyl (C=O) groups is 3. The number of Topliss-reactive ketones (excluding diaryl/α,β-unsaturated/α-hetero) is 1. The number of carbonyl (C=O) groups excluding carboxylic acids is 3. The Morgan fingerprint density at radius 3 is 2.75 bits per heavy atom. The van der Waals surface area contributed by atoms with E-state index in [4.69, 9.17) is 13.9 Å². The number of rotatable bonds is 4. The second kappa shape index (κ2) is 6.99. The summed E-state index contributed by atoms with van der Waals surface area (Å²) in [4.78, 5) is 47.9. The number of esters is 1. The number of ether oxygens (including phenoxy) is 2. The van der Waals surface area contributed by atoms with Crippen molar-refractivity contribution >= 4 is 34.3 Å². The second-order valence-electron chi connectivity index (χ2n) is 6.03. The monoisotopic (exact) mass is 379 g/mol. The Kier molecular flexibility index (Phi) is 4.36. The van der Waals surface area contributed by atoms with E-state index < -0.39 is 24.0 Å². The van der Waals surface area contributed by atoms with Crippen LogP contribution in [0.15, 0.2) is 57.7 Å². The van der Waals surface area contributed by atoms with Gasteiger partial charge in [-0.25, -0.2) is 9.59 Å². The van der Waals surface area contributed by atoms with Gasteiger partial charge in [0.1, 0.15) is 16.9 Å². The fourth-order valence-electron chi connectivity index (χ4n) is 2.75. The SMILES string of the molecule is O=C1COc2ccc(C(=O)COC(=O)c3cc4ccccc4oc3=O)cc2N1. The Morgan fingerprint density at radius 1 is 1.07 bits per heavy atom. The summed E-state index contributed by atoms with van der Waals surface area (Å²) in [6.07, 6.45) is 0. The number of benzene rings is 2. The molecule has 2 heterocycles. The van der Waals surface area contributed by atoms with Gasteiger partial charge in [0, 0.05) is 10.9 Å². The molecule has 1 aromatic heterocycles. The van der Waals surface area contributed by atoms with Gasteiger partial charge >= 0.3 is 11.6 Å². The summed E-state index contributed by atoms with van der Waals surface area (Å²) < 4.78 is 15.3. The molecule has 0 saturated heterocycles. The maximum absolute atomic E-state index is 12.3. The molecule has 0 spiro atoms. The first-order valence-electron chi connectivity index (χ1n) is 8.31. The van der Waals surface area contributed by atoms with Crippen molar-refractivity contribution in [3.63, 3.8) is 0 Å². The Labute approximate surface area is 157 Å². The van der Waals surface area contributed by atoms with Crippen LogP contribution in [-0.2, 0) is 9.53 Å². The van der Waals surface area contributed by atoms with Crippen molar-refractivity contribution in [1.82, 2.24) is 0 Å². The zero-order chi connectivity index (χ0) is 19.7. The Hall–Kier alpha value is -3.94. The van der Waals surface area contributed by atoms with Crippen LogP contribution in [0.25, 0.3) is 11.0 Å². The minimum absolute atomic E-state index is 0.0910. The summed E-state index contributed by atoms with van der Waals surface area (Å²) in [5.41, 5.74) is -0.202. The summed E-state index contributed by atoms with van der Waals surface area (Å²) in [6.45, 7) is -0.662. The Bertz CT molecular complexity index is 1180. The first kappa shape index (κ1) is 17.5. The molecule has 0 fully saturated rings. The number of amides is 1. The van der Waals surface area contributed by atoms with Gasteiger partial charge in [-0.2, -0.15) is 0 Å². The van der Waals surface area contributed by atoms with Crippen LogP contribution in [-0.4, -0.2) is 30.9 Å². The highest BCUT2D eigenvalue weighted by Gasteiger charge is 2.20. The molecule has 1 amide bonds. The molecule has 1 N–H and O–H groups in total. The maximum Gasteiger partial charge on any atom is 0.351 e. The van der Waals surface area contributed by atoms with E-state index in [-0.39, 0.29) is 23.6 Å². The molecule has 2 aromatic carbocycles. The molecule has 0 bridgehead atoms. The predicted molar refractivity (Wildman–Crippen MR) is 97.7 cm³/mol. The lowest BCUT2D eigenvalue weighted by Crippen LogP contribution is -2.25. The van der Waals surface area contributed by atoms with Crippen molar-refractivity contribution in [2.24, 2.45) is 0 Å². The van der Waals surface area contributed by atoms with Crippen LogP contribution >= 0.6 is 0 Å². The molecule has 8 nitrogen and oxygen atoms in total. The van der Waals surface area contributed by atoms with Gasteiger partial charge in [-0.3, -0.25) is 9.59 Å². The summed E-state index contributed by atoms with van der Waals surface area (Å²) in [7, 11) is 0. The van der Waals surface area contributed by atoms with Gasteiger partial charge in [-0.05, 0) is 30.3 Å². The standard InChI is InChI=1S/C20H13NO7/c22-15(11-5-6-17-14(8-11)21-18(23)10-26-17)9-27-19(24)13-7-12-3-1-2-4-16(12)28-20(13)25/h1-8H,9-10H2,(H,21,23). The lowest BCUT2D eigenvalue weighted by Gasteiger charge is -2.18. The van der Waals surface area contributed by atoms with Gasteiger partial charge in [-0.15, -0.1) is 0 Å². The quantitative estimate of drug-likeness (QED) is 0.420. The molecule has 4 rings (SSSR count). The Balaban J connectivity index is 1.49. The van der Waals surface area contributed by atoms with Gasteiger partial charge in [0.05, 0.1) is 5.69 Å². The van der Waals surface area contributed by atoms with E-state index in [1.54, 1.807) is 30.3 Å². The molecule has 0 atom stereocenters. The molecule has 1 aliphatic rings. The normalized spacial score (nSPS) is 12.6. The van der Waals surface area contributed by atoms with Crippen LogP contribution in [0.1, 0.15) is 20.7 Å². The van der Waals surface area contributed by atoms with E-state index in [1.165, 1.54) is 18.2 Å². The third-order valence-electron chi connectivity index (χ3n) is 4.13. The largest absolute Gasteiger partial charge is 0.482 e. The van der Waals surface area contributed by atoms with Crippen LogP contribution in [0.2, 0.25) is 0 Å². The Morgan fingerprint density at radius 2 is 1.89 bits per heavy atom. The fourth-order valence-corrected chi connectivity index (χ4v) is 2.75. The van der Waals surface area contributed by atoms with E-state index in [1.807, 2.05) is 0 Å². The lowest BCUT2D eigenvalue weighted by atomic mass is 10.1. The average molecular weight is 379 g/mol. The molecule has 3 aromatic rings. The number of nitrogens with one attached hydrogen (secondary N) is 1. The van der Waals surface area contributed by atoms with Gasteiger partial charge in [-0.1, -0.05) is 18.2 Å². The van der Waals surface area contributed by atoms with Crippen molar-refractivity contribution in [1.29, 1.82) is 0 Å². The zero-order valence-corrected chi connectivity index (χ0v) is 14.4. The summed E-state index contributed by atoms with van der Waals surface area (Å²) in [6, 6.07) is 12.6. The van der Waals surface area contributed by atoms with Crippen LogP contribution in [0.3, 0.4) is 0 Å². The minimum Gasteiger partial charge on any atom is -0.482 e. The summed E-state index contributed by atoms with van der Waals surface area (Å²) in [5, 5.41) is 3.15. The van der Waals surface area contributed by atoms with Crippen LogP contribution in [0.4, 0.5) is 5.69 Å². The molecule has 0 aliphatic carbocycles. The second-order valence-corrected chi connectivity index (χ2v) is 6.03. The fraction of sp³-hybridized carbons (Fsp3) is 0.100. The molecule has 8 heteroatoms. The highest BCUT2D eigenvalue weighted by molar-refractivity contribution is 6.02. The van der Waals surface area contributed by atoms with E-state index in [9.17, 15) is 19.2 Å². The van der Waals surface area contributed by atoms with Crippen molar-refractivity contribution in [2.75, 3.05) is 18.5 Å². The van der Waals surface area contributed by atoms with E-state index in [0.29, 0.717) is 22.4 Å². The summed E-state index contributed by atoms with van der Waals surface area (Å²) >= 11 is 0. The number of ketones is 1. The maximum atomic E-state index is 12.3. The first-order chi connectivity index (χ1) is 13.5. The van der Waals surface area contributed by atoms with Gasteiger partial charge < -0.3 is 19.2 Å². The smallest absolute Gasteiger partial charge is 0.351 e. The third-order valence-corrected chi connectivity index (χ3v) is 4.13. The average Bonchev–Trinajstić information content (AvgIpc) is 2.70. The van der Waals surface area contributed by atoms with Crippen molar-refractivity contribution in [2.45, 2.75) is 0 Å². The molecular weight excluding hydrogens is 366 g/mol. The van der Waals surface area contributed by atoms with Crippen LogP contribution < -0.4 is 15.7 Å². The number of hydrogen-bond acceptors (Lipinski definition) is 7. The number of hydrogen-bond donors (Lipinski definition) is 1. The third kappa shape index (κ3) is 3.35. The van der Waals surface area contributed by atoms with Crippen LogP contribution in [0, 0.1) is 0 Å². The zero-order valence-electron chi connectivity index (χ0n) is 14.4. The van der Waals surface area contributed by atoms with Crippen molar-refractivity contribution in [3.8, 4) is 5.75 Å². The number of fused-ring (bicyclic) bond motifs is 2. The molecular formula is C20H13NO7. The van der Waals surface area contributed by atoms with E-state index >= 15 is 0 Å². The molecule has 140 valence electrons. The van der Waals surface area contributed by atoms with Crippen molar-refractivity contribution in [3.05, 3.63) is 70.1 Å². The topological polar surface area (TPSA) is 112 Å². The molecule has 1 aliphatic heterocycles. The van der Waals surface area contributed by atoms with E-state index in [2.05, 4.69) is 5.32 Å². The number of para-hydroxylation sites is 1. The molecule has 0 unspecified atom stereocenters. The highest BCUT2D eigenvalue weighted by Crippen LogP contribution is 2.28. The predicted octanol–water partition coefficient (Wildman–Crippen LogP) is 2.16. The number of anilines is 1. The highest BCUT2D eigenvalue weighted by atomic mass is 16.5. The van der Waals surface area contributed by atoms with Gasteiger partial charge in [0.2, 0.25) is 0 Å². The van der Waals surface area contributed by atoms with Crippen LogP contribution in [0.5, 0.6) is 5.75 Å². The lowest BCUT2D eigenvalue weighted by molar-refractivity contribution is -0.118. The molecule has 0 saturated carbocycles. The van der Waals surface area contributed by atoms with Gasteiger partial charge in [0.25, 0.3) is 5.91 Å². The van der Waals surface area contributed by atoms with Crippen molar-refractivity contribution < 1.29 is 28.3 Å². The molecule has 28 heavy (non-hydrogen) atoms. The summed E-state index contributed by atoms with van der Waals surface area (Å²) in [5.74, 6) is -1.34. The molecule has 0 radical (unpaired) electrons. The van der Waals surface area contributed by atoms with E-state index in [0.717, 1.165) is 0 Å². The first-order valence-corrected chi connectivity index (χ1v) is 8.31. The minimum atomic E-state index is -0.956. The van der Waals surface area contributed by atoms with Gasteiger partial charge in [0.15, 0.2) is 19.0 Å².